The highest BCUT2D eigenvalue weighted by Gasteiger charge is 2.44. The zero-order valence-corrected chi connectivity index (χ0v) is 14.4. The second-order valence-corrected chi connectivity index (χ2v) is 7.23. The molecule has 0 aromatic carbocycles. The van der Waals surface area contributed by atoms with Gasteiger partial charge in [0, 0.05) is 12.8 Å². The Labute approximate surface area is 134 Å². The maximum Gasteiger partial charge on any atom is 0.306 e. The molecule has 0 N–H and O–H groups in total. The summed E-state index contributed by atoms with van der Waals surface area (Å²) in [5, 5.41) is 0. The highest BCUT2D eigenvalue weighted by molar-refractivity contribution is 6.01. The van der Waals surface area contributed by atoms with E-state index in [4.69, 9.17) is 4.74 Å². The van der Waals surface area contributed by atoms with Crippen LogP contribution in [0.15, 0.2) is 11.1 Å². The van der Waals surface area contributed by atoms with Crippen LogP contribution in [0.5, 0.6) is 0 Å². The van der Waals surface area contributed by atoms with Crippen molar-refractivity contribution in [2.45, 2.75) is 91.1 Å². The fourth-order valence-electron chi connectivity index (χ4n) is 4.04. The van der Waals surface area contributed by atoms with E-state index in [9.17, 15) is 9.59 Å². The summed E-state index contributed by atoms with van der Waals surface area (Å²) in [6, 6.07) is 0. The van der Waals surface area contributed by atoms with Gasteiger partial charge in [-0.05, 0) is 43.6 Å². The smallest absolute Gasteiger partial charge is 0.306 e. The molecule has 0 bridgehead atoms. The average Bonchev–Trinajstić information content (AvgIpc) is 2.49. The number of fused-ring (bicyclic) bond motifs is 1. The first-order valence-corrected chi connectivity index (χ1v) is 8.92. The van der Waals surface area contributed by atoms with E-state index in [0.29, 0.717) is 12.8 Å². The van der Waals surface area contributed by atoms with Crippen LogP contribution in [0.1, 0.15) is 85.0 Å². The van der Waals surface area contributed by atoms with Crippen LogP contribution in [-0.4, -0.2) is 17.9 Å². The third-order valence-electron chi connectivity index (χ3n) is 5.39. The van der Waals surface area contributed by atoms with Gasteiger partial charge in [-0.25, -0.2) is 0 Å². The van der Waals surface area contributed by atoms with Crippen molar-refractivity contribution < 1.29 is 14.3 Å². The van der Waals surface area contributed by atoms with Gasteiger partial charge in [0.1, 0.15) is 0 Å². The normalized spacial score (nSPS) is 28.5. The minimum Gasteiger partial charge on any atom is -0.454 e. The van der Waals surface area contributed by atoms with Crippen molar-refractivity contribution in [3.63, 3.8) is 0 Å². The molecule has 1 saturated carbocycles. The lowest BCUT2D eigenvalue weighted by molar-refractivity contribution is -0.156. The molecule has 3 nitrogen and oxygen atoms in total. The summed E-state index contributed by atoms with van der Waals surface area (Å²) in [7, 11) is 0. The van der Waals surface area contributed by atoms with Crippen LogP contribution in [0.4, 0.5) is 0 Å². The van der Waals surface area contributed by atoms with Gasteiger partial charge >= 0.3 is 5.97 Å². The molecule has 0 heterocycles. The van der Waals surface area contributed by atoms with Gasteiger partial charge in [-0.15, -0.1) is 0 Å². The number of esters is 1. The molecule has 3 heteroatoms. The summed E-state index contributed by atoms with van der Waals surface area (Å²) >= 11 is 0. The molecule has 124 valence electrons. The van der Waals surface area contributed by atoms with Crippen LogP contribution in [0.25, 0.3) is 0 Å². The second-order valence-electron chi connectivity index (χ2n) is 7.23. The predicted molar refractivity (Wildman–Crippen MR) is 87.5 cm³/mol. The lowest BCUT2D eigenvalue weighted by Gasteiger charge is -2.43. The minimum atomic E-state index is -0.550. The predicted octanol–water partition coefficient (Wildman–Crippen LogP) is 4.74. The van der Waals surface area contributed by atoms with Gasteiger partial charge < -0.3 is 4.74 Å². The number of carbonyl (C=O) groups excluding carboxylic acids is 2. The Balaban J connectivity index is 1.96. The molecule has 0 unspecified atom stereocenters. The first kappa shape index (κ1) is 17.2. The highest BCUT2D eigenvalue weighted by atomic mass is 16.5. The number of hydrogen-bond acceptors (Lipinski definition) is 3. The topological polar surface area (TPSA) is 43.4 Å². The van der Waals surface area contributed by atoms with Crippen LogP contribution in [0.3, 0.4) is 0 Å². The molecule has 1 fully saturated rings. The highest BCUT2D eigenvalue weighted by Crippen LogP contribution is 2.49. The number of allylic oxidation sites excluding steroid dienone is 1. The molecule has 2 rings (SSSR count). The third kappa shape index (κ3) is 3.80. The van der Waals surface area contributed by atoms with Gasteiger partial charge in [-0.3, -0.25) is 9.59 Å². The number of ether oxygens (including phenoxy) is 1. The van der Waals surface area contributed by atoms with Crippen molar-refractivity contribution >= 4 is 11.8 Å². The Kier molecular flexibility index (Phi) is 5.82. The number of rotatable bonds is 6. The van der Waals surface area contributed by atoms with Gasteiger partial charge in [-0.2, -0.15) is 0 Å². The molecule has 0 radical (unpaired) electrons. The Bertz CT molecular complexity index is 463. The van der Waals surface area contributed by atoms with E-state index >= 15 is 0 Å². The van der Waals surface area contributed by atoms with Crippen LogP contribution in [0, 0.1) is 5.41 Å². The number of ketones is 1. The van der Waals surface area contributed by atoms with E-state index in [1.54, 1.807) is 0 Å². The van der Waals surface area contributed by atoms with Crippen molar-refractivity contribution in [1.82, 2.24) is 0 Å². The molecule has 22 heavy (non-hydrogen) atoms. The number of hydrogen-bond donors (Lipinski definition) is 0. The summed E-state index contributed by atoms with van der Waals surface area (Å²) in [6.07, 6.45) is 9.33. The summed E-state index contributed by atoms with van der Waals surface area (Å²) in [4.78, 5) is 24.5. The van der Waals surface area contributed by atoms with Gasteiger partial charge in [-0.1, -0.05) is 45.1 Å². The number of unbranched alkanes of at least 4 members (excludes halogenated alkanes) is 3. The first-order chi connectivity index (χ1) is 10.5. The maximum atomic E-state index is 12.5. The molecule has 0 aliphatic heterocycles. The molecule has 2 aliphatic carbocycles. The molecule has 0 spiro atoms. The minimum absolute atomic E-state index is 0.0382. The lowest BCUT2D eigenvalue weighted by Crippen LogP contribution is -2.41. The summed E-state index contributed by atoms with van der Waals surface area (Å²) in [5.74, 6) is -0.165. The quantitative estimate of drug-likeness (QED) is 0.526. The van der Waals surface area contributed by atoms with Gasteiger partial charge in [0.25, 0.3) is 0 Å². The lowest BCUT2D eigenvalue weighted by atomic mass is 9.63. The van der Waals surface area contributed by atoms with E-state index in [1.165, 1.54) is 18.4 Å². The summed E-state index contributed by atoms with van der Waals surface area (Å²) in [6.45, 7) is 6.30. The Morgan fingerprint density at radius 3 is 2.77 bits per heavy atom. The van der Waals surface area contributed by atoms with Crippen LogP contribution in [0.2, 0.25) is 0 Å². The largest absolute Gasteiger partial charge is 0.454 e. The van der Waals surface area contributed by atoms with Crippen molar-refractivity contribution in [3.8, 4) is 0 Å². The van der Waals surface area contributed by atoms with Crippen molar-refractivity contribution in [1.29, 1.82) is 0 Å². The molecule has 0 aromatic heterocycles. The molecular formula is C19H30O3. The number of Topliss-reactive ketones (excluding diaryl/α,β-unsaturated/α-hetero) is 1. The van der Waals surface area contributed by atoms with E-state index in [-0.39, 0.29) is 17.2 Å². The molecular weight excluding hydrogens is 276 g/mol. The van der Waals surface area contributed by atoms with Crippen LogP contribution < -0.4 is 0 Å². The van der Waals surface area contributed by atoms with Gasteiger partial charge in [0.05, 0.1) is 0 Å². The zero-order chi connectivity index (χ0) is 16.2. The standard InChI is InChI=1S/C19H30O3/c1-4-5-6-7-11-17(20)22-16-13-19(3)12-9-8-10-15(19)14(2)18(16)21/h16H,4-13H2,1-3H3/t16-,19-/m0/s1. The fourth-order valence-corrected chi connectivity index (χ4v) is 4.04. The SMILES string of the molecule is CCCCCCC(=O)O[C@H]1C[C@]2(C)CCCCC2=C(C)C1=O. The first-order valence-electron chi connectivity index (χ1n) is 8.92. The Hall–Kier alpha value is -1.12. The number of carbonyl (C=O) groups is 2. The molecule has 2 atom stereocenters. The summed E-state index contributed by atoms with van der Waals surface area (Å²) in [5.41, 5.74) is 2.24. The monoisotopic (exact) mass is 306 g/mol. The fraction of sp³-hybridized carbons (Fsp3) is 0.789. The van der Waals surface area contributed by atoms with E-state index in [1.807, 2.05) is 6.92 Å². The summed E-state index contributed by atoms with van der Waals surface area (Å²) < 4.78 is 5.55. The Morgan fingerprint density at radius 1 is 1.27 bits per heavy atom. The van der Waals surface area contributed by atoms with E-state index in [0.717, 1.165) is 44.1 Å². The zero-order valence-electron chi connectivity index (χ0n) is 14.4. The van der Waals surface area contributed by atoms with Crippen molar-refractivity contribution in [2.24, 2.45) is 5.41 Å². The second kappa shape index (κ2) is 7.43. The molecule has 2 aliphatic rings. The van der Waals surface area contributed by atoms with Crippen molar-refractivity contribution in [3.05, 3.63) is 11.1 Å². The van der Waals surface area contributed by atoms with Crippen molar-refractivity contribution in [2.75, 3.05) is 0 Å². The average molecular weight is 306 g/mol. The molecule has 0 saturated heterocycles. The molecule has 0 aromatic rings. The third-order valence-corrected chi connectivity index (χ3v) is 5.39. The molecule has 0 amide bonds. The van der Waals surface area contributed by atoms with Gasteiger partial charge in [0.2, 0.25) is 0 Å². The van der Waals surface area contributed by atoms with Crippen LogP contribution >= 0.6 is 0 Å². The van der Waals surface area contributed by atoms with Gasteiger partial charge in [0.15, 0.2) is 11.9 Å². The maximum absolute atomic E-state index is 12.5. The van der Waals surface area contributed by atoms with E-state index in [2.05, 4.69) is 13.8 Å². The van der Waals surface area contributed by atoms with E-state index < -0.39 is 6.10 Å². The Morgan fingerprint density at radius 2 is 2.05 bits per heavy atom. The van der Waals surface area contributed by atoms with Crippen LogP contribution in [-0.2, 0) is 14.3 Å².